The van der Waals surface area contributed by atoms with Crippen molar-refractivity contribution in [1.29, 1.82) is 0 Å². The lowest BCUT2D eigenvalue weighted by Crippen LogP contribution is -2.40. The standard InChI is InChI=1S/C15H24N2O2S2/c1-10-8-15(20-14(10)9-16-13-6-7-13)21(18,19)17-11(2)12-4-3-5-12/h8,11-13,16-17H,3-7,9H2,1-2H3. The Labute approximate surface area is 131 Å². The van der Waals surface area contributed by atoms with E-state index >= 15 is 0 Å². The lowest BCUT2D eigenvalue weighted by atomic mass is 9.81. The van der Waals surface area contributed by atoms with E-state index in [-0.39, 0.29) is 6.04 Å². The van der Waals surface area contributed by atoms with Gasteiger partial charge in [-0.25, -0.2) is 13.1 Å². The van der Waals surface area contributed by atoms with Crippen molar-refractivity contribution in [3.05, 3.63) is 16.5 Å². The van der Waals surface area contributed by atoms with Crippen LogP contribution in [0.1, 0.15) is 49.5 Å². The number of thiophene rings is 1. The maximum Gasteiger partial charge on any atom is 0.250 e. The van der Waals surface area contributed by atoms with Crippen LogP contribution in [0.4, 0.5) is 0 Å². The van der Waals surface area contributed by atoms with E-state index in [9.17, 15) is 8.42 Å². The van der Waals surface area contributed by atoms with Gasteiger partial charge in [0.2, 0.25) is 10.0 Å². The van der Waals surface area contributed by atoms with Crippen LogP contribution < -0.4 is 10.0 Å². The molecule has 0 amide bonds. The Kier molecular flexibility index (Phi) is 4.41. The fourth-order valence-electron chi connectivity index (χ4n) is 2.66. The van der Waals surface area contributed by atoms with Gasteiger partial charge in [-0.1, -0.05) is 6.42 Å². The summed E-state index contributed by atoms with van der Waals surface area (Å²) in [6.45, 7) is 4.76. The predicted molar refractivity (Wildman–Crippen MR) is 86.0 cm³/mol. The molecule has 0 bridgehead atoms. The fraction of sp³-hybridized carbons (Fsp3) is 0.733. The Morgan fingerprint density at radius 2 is 2.05 bits per heavy atom. The van der Waals surface area contributed by atoms with Gasteiger partial charge in [0.15, 0.2) is 0 Å². The summed E-state index contributed by atoms with van der Waals surface area (Å²) in [5.74, 6) is 0.511. The second-order valence-corrected chi connectivity index (χ2v) is 9.51. The minimum absolute atomic E-state index is 0.0409. The maximum absolute atomic E-state index is 12.5. The first kappa shape index (κ1) is 15.5. The lowest BCUT2D eigenvalue weighted by Gasteiger charge is -2.31. The average Bonchev–Trinajstić information content (AvgIpc) is 3.07. The number of hydrogen-bond donors (Lipinski definition) is 2. The van der Waals surface area contributed by atoms with Crippen LogP contribution in [0.3, 0.4) is 0 Å². The van der Waals surface area contributed by atoms with Gasteiger partial charge < -0.3 is 5.32 Å². The van der Waals surface area contributed by atoms with Crippen molar-refractivity contribution >= 4 is 21.4 Å². The van der Waals surface area contributed by atoms with E-state index in [2.05, 4.69) is 10.0 Å². The summed E-state index contributed by atoms with van der Waals surface area (Å²) in [5, 5.41) is 3.45. The fourth-order valence-corrected chi connectivity index (χ4v) is 5.53. The Hall–Kier alpha value is -0.430. The Morgan fingerprint density at radius 1 is 1.33 bits per heavy atom. The molecule has 0 radical (unpaired) electrons. The first-order valence-electron chi connectivity index (χ1n) is 7.81. The van der Waals surface area contributed by atoms with Crippen LogP contribution in [-0.2, 0) is 16.6 Å². The second-order valence-electron chi connectivity index (χ2n) is 6.43. The van der Waals surface area contributed by atoms with E-state index < -0.39 is 10.0 Å². The summed E-state index contributed by atoms with van der Waals surface area (Å²) in [6.07, 6.45) is 6.01. The van der Waals surface area contributed by atoms with Crippen LogP contribution in [0.2, 0.25) is 0 Å². The molecule has 3 rings (SSSR count). The van der Waals surface area contributed by atoms with Crippen LogP contribution in [0.25, 0.3) is 0 Å². The molecule has 0 aliphatic heterocycles. The maximum atomic E-state index is 12.5. The molecular weight excluding hydrogens is 304 g/mol. The molecule has 2 aliphatic rings. The Morgan fingerprint density at radius 3 is 2.62 bits per heavy atom. The zero-order valence-electron chi connectivity index (χ0n) is 12.7. The zero-order chi connectivity index (χ0) is 15.0. The average molecular weight is 329 g/mol. The normalized spacial score (nSPS) is 21.2. The van der Waals surface area contributed by atoms with E-state index in [4.69, 9.17) is 0 Å². The SMILES string of the molecule is Cc1cc(S(=O)(=O)NC(C)C2CCC2)sc1CNC1CC1. The van der Waals surface area contributed by atoms with E-state index in [0.717, 1.165) is 29.8 Å². The molecule has 1 aromatic heterocycles. The van der Waals surface area contributed by atoms with Gasteiger partial charge in [-0.05, 0) is 57.1 Å². The van der Waals surface area contributed by atoms with Crippen molar-refractivity contribution in [3.8, 4) is 0 Å². The molecule has 0 spiro atoms. The monoisotopic (exact) mass is 328 g/mol. The highest BCUT2D eigenvalue weighted by molar-refractivity contribution is 7.91. The molecule has 1 heterocycles. The third-order valence-electron chi connectivity index (χ3n) is 4.59. The molecule has 2 fully saturated rings. The molecule has 2 aliphatic carbocycles. The van der Waals surface area contributed by atoms with Crippen LogP contribution in [0, 0.1) is 12.8 Å². The predicted octanol–water partition coefficient (Wildman–Crippen LogP) is 2.78. The Balaban J connectivity index is 1.67. The minimum atomic E-state index is -3.36. The van der Waals surface area contributed by atoms with Gasteiger partial charge in [-0.2, -0.15) is 0 Å². The molecule has 118 valence electrons. The van der Waals surface area contributed by atoms with Gasteiger partial charge in [0.1, 0.15) is 4.21 Å². The molecule has 6 heteroatoms. The number of hydrogen-bond acceptors (Lipinski definition) is 4. The summed E-state index contributed by atoms with van der Waals surface area (Å²) in [4.78, 5) is 1.14. The number of rotatable bonds is 7. The molecule has 1 atom stereocenters. The molecule has 4 nitrogen and oxygen atoms in total. The third kappa shape index (κ3) is 3.67. The minimum Gasteiger partial charge on any atom is -0.309 e. The van der Waals surface area contributed by atoms with Crippen molar-refractivity contribution in [3.63, 3.8) is 0 Å². The highest BCUT2D eigenvalue weighted by Crippen LogP contribution is 2.32. The van der Waals surface area contributed by atoms with Crippen molar-refractivity contribution in [1.82, 2.24) is 10.0 Å². The smallest absolute Gasteiger partial charge is 0.250 e. The summed E-state index contributed by atoms with van der Waals surface area (Å²) in [5.41, 5.74) is 1.07. The van der Waals surface area contributed by atoms with Crippen LogP contribution in [0.5, 0.6) is 0 Å². The second kappa shape index (κ2) is 5.99. The van der Waals surface area contributed by atoms with Gasteiger partial charge in [0, 0.05) is 23.5 Å². The van der Waals surface area contributed by atoms with Gasteiger partial charge >= 0.3 is 0 Å². The summed E-state index contributed by atoms with van der Waals surface area (Å²) < 4.78 is 28.3. The topological polar surface area (TPSA) is 58.2 Å². The van der Waals surface area contributed by atoms with Crippen molar-refractivity contribution < 1.29 is 8.42 Å². The number of aryl methyl sites for hydroxylation is 1. The molecule has 2 N–H and O–H groups in total. The number of nitrogens with one attached hydrogen (secondary N) is 2. The van der Waals surface area contributed by atoms with Crippen molar-refractivity contribution in [2.24, 2.45) is 5.92 Å². The molecule has 2 saturated carbocycles. The highest BCUT2D eigenvalue weighted by Gasteiger charge is 2.29. The molecule has 1 unspecified atom stereocenters. The van der Waals surface area contributed by atoms with Gasteiger partial charge in [-0.3, -0.25) is 0 Å². The lowest BCUT2D eigenvalue weighted by molar-refractivity contribution is 0.260. The van der Waals surface area contributed by atoms with E-state index in [1.54, 1.807) is 0 Å². The Bertz CT molecular complexity index is 601. The van der Waals surface area contributed by atoms with Crippen molar-refractivity contribution in [2.45, 2.75) is 68.8 Å². The van der Waals surface area contributed by atoms with Crippen LogP contribution in [-0.4, -0.2) is 20.5 Å². The third-order valence-corrected chi connectivity index (χ3v) is 7.86. The largest absolute Gasteiger partial charge is 0.309 e. The van der Waals surface area contributed by atoms with Gasteiger partial charge in [-0.15, -0.1) is 11.3 Å². The van der Waals surface area contributed by atoms with Gasteiger partial charge in [0.25, 0.3) is 0 Å². The van der Waals surface area contributed by atoms with Crippen LogP contribution >= 0.6 is 11.3 Å². The number of sulfonamides is 1. The van der Waals surface area contributed by atoms with E-state index in [1.165, 1.54) is 30.6 Å². The molecule has 21 heavy (non-hydrogen) atoms. The first-order chi connectivity index (χ1) is 9.95. The molecular formula is C15H24N2O2S2. The molecule has 0 saturated heterocycles. The molecule has 1 aromatic rings. The quantitative estimate of drug-likeness (QED) is 0.809. The summed E-state index contributed by atoms with van der Waals surface area (Å²) in [7, 11) is -3.36. The van der Waals surface area contributed by atoms with E-state index in [0.29, 0.717) is 16.2 Å². The van der Waals surface area contributed by atoms with Gasteiger partial charge in [0.05, 0.1) is 0 Å². The van der Waals surface area contributed by atoms with Crippen LogP contribution in [0.15, 0.2) is 10.3 Å². The highest BCUT2D eigenvalue weighted by atomic mass is 32.2. The zero-order valence-corrected chi connectivity index (χ0v) is 14.3. The van der Waals surface area contributed by atoms with Crippen molar-refractivity contribution in [2.75, 3.05) is 0 Å². The van der Waals surface area contributed by atoms with E-state index in [1.807, 2.05) is 19.9 Å². The molecule has 0 aromatic carbocycles. The first-order valence-corrected chi connectivity index (χ1v) is 10.1. The summed E-state index contributed by atoms with van der Waals surface area (Å²) in [6, 6.07) is 2.49. The summed E-state index contributed by atoms with van der Waals surface area (Å²) >= 11 is 1.40.